The fourth-order valence-corrected chi connectivity index (χ4v) is 2.67. The molecule has 1 aromatic carbocycles. The second-order valence-electron chi connectivity index (χ2n) is 4.90. The van der Waals surface area contributed by atoms with E-state index in [1.165, 1.54) is 10.6 Å². The van der Waals surface area contributed by atoms with Crippen LogP contribution >= 0.6 is 11.8 Å². The predicted octanol–water partition coefficient (Wildman–Crippen LogP) is 2.18. The average Bonchev–Trinajstić information content (AvgIpc) is 2.38. The van der Waals surface area contributed by atoms with Crippen LogP contribution in [0.4, 0.5) is 5.69 Å². The highest BCUT2D eigenvalue weighted by atomic mass is 32.2. The number of likely N-dealkylation sites (N-methyl/N-ethyl adjacent to an activating group) is 1. The van der Waals surface area contributed by atoms with Crippen molar-refractivity contribution in [2.24, 2.45) is 0 Å². The monoisotopic (exact) mass is 266 g/mol. The van der Waals surface area contributed by atoms with Gasteiger partial charge in [0.25, 0.3) is 0 Å². The molecule has 0 spiro atoms. The molecule has 0 N–H and O–H groups in total. The fourth-order valence-electron chi connectivity index (χ4n) is 2.26. The van der Waals surface area contributed by atoms with Crippen molar-refractivity contribution in [2.45, 2.75) is 11.0 Å². The second kappa shape index (κ2) is 6.45. The van der Waals surface area contributed by atoms with Crippen LogP contribution in [0, 0.1) is 0 Å². The molecule has 1 aliphatic rings. The summed E-state index contributed by atoms with van der Waals surface area (Å²) in [6.45, 7) is 3.78. The molecule has 0 amide bonds. The van der Waals surface area contributed by atoms with Crippen molar-refractivity contribution in [1.29, 1.82) is 0 Å². The van der Waals surface area contributed by atoms with Gasteiger partial charge in [0.05, 0.1) is 12.7 Å². The van der Waals surface area contributed by atoms with E-state index in [1.54, 1.807) is 11.8 Å². The van der Waals surface area contributed by atoms with Crippen molar-refractivity contribution < 1.29 is 4.74 Å². The predicted molar refractivity (Wildman–Crippen MR) is 78.7 cm³/mol. The highest BCUT2D eigenvalue weighted by Gasteiger charge is 2.21. The molecule has 1 saturated heterocycles. The molecular formula is C14H22N2OS. The van der Waals surface area contributed by atoms with Crippen LogP contribution in [0.15, 0.2) is 29.2 Å². The van der Waals surface area contributed by atoms with Crippen LogP contribution in [-0.2, 0) is 4.74 Å². The molecule has 1 fully saturated rings. The Morgan fingerprint density at radius 2 is 2.06 bits per heavy atom. The Kier molecular flexibility index (Phi) is 4.92. The van der Waals surface area contributed by atoms with E-state index in [0.717, 1.165) is 26.2 Å². The van der Waals surface area contributed by atoms with Crippen molar-refractivity contribution in [3.05, 3.63) is 24.3 Å². The van der Waals surface area contributed by atoms with Crippen LogP contribution in [0.5, 0.6) is 0 Å². The summed E-state index contributed by atoms with van der Waals surface area (Å²) in [6.07, 6.45) is 2.42. The summed E-state index contributed by atoms with van der Waals surface area (Å²) < 4.78 is 5.80. The molecule has 0 bridgehead atoms. The van der Waals surface area contributed by atoms with Crippen molar-refractivity contribution in [3.63, 3.8) is 0 Å². The molecule has 0 saturated carbocycles. The van der Waals surface area contributed by atoms with Crippen LogP contribution in [0.25, 0.3) is 0 Å². The number of thioether (sulfide) groups is 1. The lowest BCUT2D eigenvalue weighted by Gasteiger charge is -2.35. The van der Waals surface area contributed by atoms with Gasteiger partial charge >= 0.3 is 0 Å². The topological polar surface area (TPSA) is 15.7 Å². The molecule has 100 valence electrons. The molecular weight excluding hydrogens is 244 g/mol. The summed E-state index contributed by atoms with van der Waals surface area (Å²) in [5.41, 5.74) is 1.31. The number of nitrogens with zero attached hydrogens (tertiary/aromatic N) is 2. The number of benzene rings is 1. The van der Waals surface area contributed by atoms with Gasteiger partial charge in [-0.1, -0.05) is 0 Å². The third-order valence-electron chi connectivity index (χ3n) is 3.15. The molecule has 0 aliphatic carbocycles. The maximum atomic E-state index is 5.80. The van der Waals surface area contributed by atoms with E-state index in [9.17, 15) is 0 Å². The van der Waals surface area contributed by atoms with Crippen LogP contribution < -0.4 is 4.90 Å². The number of hydrogen-bond acceptors (Lipinski definition) is 4. The molecule has 4 heteroatoms. The molecule has 0 radical (unpaired) electrons. The van der Waals surface area contributed by atoms with Gasteiger partial charge in [0.1, 0.15) is 0 Å². The number of anilines is 1. The van der Waals surface area contributed by atoms with Crippen LogP contribution in [0.1, 0.15) is 0 Å². The minimum atomic E-state index is 0.314. The summed E-state index contributed by atoms with van der Waals surface area (Å²) in [6, 6.07) is 8.81. The number of hydrogen-bond donors (Lipinski definition) is 0. The van der Waals surface area contributed by atoms with E-state index >= 15 is 0 Å². The number of morpholine rings is 1. The van der Waals surface area contributed by atoms with E-state index < -0.39 is 0 Å². The maximum absolute atomic E-state index is 5.80. The summed E-state index contributed by atoms with van der Waals surface area (Å²) in [4.78, 5) is 5.92. The summed E-state index contributed by atoms with van der Waals surface area (Å²) >= 11 is 1.78. The molecule has 18 heavy (non-hydrogen) atoms. The summed E-state index contributed by atoms with van der Waals surface area (Å²) in [7, 11) is 4.19. The van der Waals surface area contributed by atoms with Gasteiger partial charge in [-0.05, 0) is 44.6 Å². The Balaban J connectivity index is 1.98. The zero-order chi connectivity index (χ0) is 13.0. The van der Waals surface area contributed by atoms with Crippen molar-refractivity contribution in [2.75, 3.05) is 51.5 Å². The lowest BCUT2D eigenvalue weighted by molar-refractivity contribution is 0.0248. The normalized spacial score (nSPS) is 20.4. The molecule has 1 aliphatic heterocycles. The smallest absolute Gasteiger partial charge is 0.0877 e. The highest BCUT2D eigenvalue weighted by Crippen LogP contribution is 2.22. The van der Waals surface area contributed by atoms with Crippen LogP contribution in [0.3, 0.4) is 0 Å². The Hall–Kier alpha value is -0.710. The number of ether oxygens (including phenoxy) is 1. The molecule has 1 heterocycles. The fraction of sp³-hybridized carbons (Fsp3) is 0.571. The van der Waals surface area contributed by atoms with Crippen LogP contribution in [0.2, 0.25) is 0 Å². The highest BCUT2D eigenvalue weighted by molar-refractivity contribution is 7.98. The molecule has 1 unspecified atom stereocenters. The van der Waals surface area contributed by atoms with Gasteiger partial charge in [0, 0.05) is 30.2 Å². The first-order chi connectivity index (χ1) is 8.69. The first-order valence-electron chi connectivity index (χ1n) is 6.34. The molecule has 1 aromatic rings. The Morgan fingerprint density at radius 1 is 1.33 bits per heavy atom. The second-order valence-corrected chi connectivity index (χ2v) is 5.78. The van der Waals surface area contributed by atoms with E-state index in [-0.39, 0.29) is 0 Å². The van der Waals surface area contributed by atoms with Gasteiger partial charge in [-0.15, -0.1) is 11.8 Å². The summed E-state index contributed by atoms with van der Waals surface area (Å²) in [5, 5.41) is 0. The van der Waals surface area contributed by atoms with Gasteiger partial charge in [0.2, 0.25) is 0 Å². The largest absolute Gasteiger partial charge is 0.373 e. The van der Waals surface area contributed by atoms with Gasteiger partial charge in [-0.25, -0.2) is 0 Å². The summed E-state index contributed by atoms with van der Waals surface area (Å²) in [5.74, 6) is 0. The minimum absolute atomic E-state index is 0.314. The first-order valence-corrected chi connectivity index (χ1v) is 7.57. The molecule has 1 atom stereocenters. The Labute approximate surface area is 114 Å². The third-order valence-corrected chi connectivity index (χ3v) is 3.89. The Bertz CT molecular complexity index is 367. The van der Waals surface area contributed by atoms with E-state index in [1.807, 2.05) is 0 Å². The van der Waals surface area contributed by atoms with E-state index in [0.29, 0.717) is 6.10 Å². The van der Waals surface area contributed by atoms with Crippen molar-refractivity contribution >= 4 is 17.4 Å². The van der Waals surface area contributed by atoms with Gasteiger partial charge in [-0.3, -0.25) is 0 Å². The van der Waals surface area contributed by atoms with Crippen molar-refractivity contribution in [1.82, 2.24) is 4.90 Å². The van der Waals surface area contributed by atoms with Gasteiger partial charge < -0.3 is 14.5 Å². The SMILES string of the molecule is CSc1ccc(N2CCOC(CN(C)C)C2)cc1. The zero-order valence-corrected chi connectivity index (χ0v) is 12.2. The minimum Gasteiger partial charge on any atom is -0.373 e. The molecule has 3 nitrogen and oxygen atoms in total. The average molecular weight is 266 g/mol. The van der Waals surface area contributed by atoms with Gasteiger partial charge in [-0.2, -0.15) is 0 Å². The lowest BCUT2D eigenvalue weighted by atomic mass is 10.2. The van der Waals surface area contributed by atoms with E-state index in [2.05, 4.69) is 54.4 Å². The third kappa shape index (κ3) is 3.64. The molecule has 0 aromatic heterocycles. The molecule has 2 rings (SSSR count). The number of rotatable bonds is 4. The van der Waals surface area contributed by atoms with Crippen LogP contribution in [-0.4, -0.2) is 57.6 Å². The first kappa shape index (κ1) is 13.7. The van der Waals surface area contributed by atoms with Gasteiger partial charge in [0.15, 0.2) is 0 Å². The quantitative estimate of drug-likeness (QED) is 0.776. The standard InChI is InChI=1S/C14H22N2OS/c1-15(2)10-13-11-16(8-9-17-13)12-4-6-14(18-3)7-5-12/h4-7,13H,8-11H2,1-3H3. The lowest BCUT2D eigenvalue weighted by Crippen LogP contribution is -2.46. The maximum Gasteiger partial charge on any atom is 0.0877 e. The Morgan fingerprint density at radius 3 is 2.67 bits per heavy atom. The van der Waals surface area contributed by atoms with E-state index in [4.69, 9.17) is 4.74 Å². The van der Waals surface area contributed by atoms with Crippen molar-refractivity contribution in [3.8, 4) is 0 Å². The zero-order valence-electron chi connectivity index (χ0n) is 11.4.